The number of fused-ring (bicyclic) bond motifs is 2. The average molecular weight is 312 g/mol. The Morgan fingerprint density at radius 2 is 1.91 bits per heavy atom. The maximum Gasteiger partial charge on any atom is 0.320 e. The van der Waals surface area contributed by atoms with Gasteiger partial charge >= 0.3 is 5.97 Å². The molecule has 2 fully saturated rings. The molecule has 2 unspecified atom stereocenters. The Labute approximate surface area is 129 Å². The predicted octanol–water partition coefficient (Wildman–Crippen LogP) is 0.485. The zero-order chi connectivity index (χ0) is 16.8. The number of rotatable bonds is 6. The summed E-state index contributed by atoms with van der Waals surface area (Å²) in [6, 6.07) is 0. The van der Waals surface area contributed by atoms with Crippen molar-refractivity contribution in [3.63, 3.8) is 0 Å². The lowest BCUT2D eigenvalue weighted by Gasteiger charge is -2.35. The fraction of sp³-hybridized carbons (Fsp3) is 0.812. The van der Waals surface area contributed by atoms with Gasteiger partial charge in [-0.2, -0.15) is 0 Å². The lowest BCUT2D eigenvalue weighted by Crippen LogP contribution is -2.47. The van der Waals surface area contributed by atoms with Crippen molar-refractivity contribution in [2.75, 3.05) is 19.8 Å². The molecule has 6 heteroatoms. The second-order valence-electron chi connectivity index (χ2n) is 7.16. The minimum atomic E-state index is -1.40. The molecule has 2 N–H and O–H groups in total. The summed E-state index contributed by atoms with van der Waals surface area (Å²) in [6.07, 6.45) is 1.27. The smallest absolute Gasteiger partial charge is 0.320 e. The van der Waals surface area contributed by atoms with E-state index in [0.29, 0.717) is 19.3 Å². The Hall–Kier alpha value is -1.27. The maximum absolute atomic E-state index is 12.6. The van der Waals surface area contributed by atoms with Crippen LogP contribution in [0.15, 0.2) is 0 Å². The minimum absolute atomic E-state index is 0.167. The Kier molecular flexibility index (Phi) is 4.21. The van der Waals surface area contributed by atoms with Gasteiger partial charge in [-0.05, 0) is 24.7 Å². The number of Topliss-reactive ketones (excluding diaryl/α,β-unsaturated/α-hetero) is 2. The number of hydrogen-bond donors (Lipinski definition) is 2. The molecule has 2 aliphatic carbocycles. The standard InChI is InChI=1S/C16H24O6/c1-4-15(7-17,8-18)9-22-13(21)16-6-5-10(14(16,2)3)11(19)12(16)20/h10,17-18H,4-9H2,1-3H3. The maximum atomic E-state index is 12.6. The van der Waals surface area contributed by atoms with E-state index in [2.05, 4.69) is 0 Å². The molecule has 2 aliphatic rings. The predicted molar refractivity (Wildman–Crippen MR) is 76.8 cm³/mol. The van der Waals surface area contributed by atoms with Crippen molar-refractivity contribution >= 4 is 17.5 Å². The minimum Gasteiger partial charge on any atom is -0.464 e. The van der Waals surface area contributed by atoms with Gasteiger partial charge in [0.1, 0.15) is 12.0 Å². The SMILES string of the molecule is CCC(CO)(CO)COC(=O)C12CCC(C(=O)C1=O)C2(C)C. The van der Waals surface area contributed by atoms with Gasteiger partial charge in [0.15, 0.2) is 0 Å². The lowest BCUT2D eigenvalue weighted by molar-refractivity contribution is -0.170. The van der Waals surface area contributed by atoms with Crippen LogP contribution in [0.2, 0.25) is 0 Å². The highest BCUT2D eigenvalue weighted by molar-refractivity contribution is 6.47. The van der Waals surface area contributed by atoms with Crippen molar-refractivity contribution in [1.82, 2.24) is 0 Å². The Morgan fingerprint density at radius 3 is 2.32 bits per heavy atom. The van der Waals surface area contributed by atoms with Gasteiger partial charge in [0.2, 0.25) is 11.6 Å². The van der Waals surface area contributed by atoms with Crippen molar-refractivity contribution in [2.45, 2.75) is 40.0 Å². The van der Waals surface area contributed by atoms with Gasteiger partial charge in [0, 0.05) is 5.92 Å². The first-order chi connectivity index (χ1) is 10.2. The third kappa shape index (κ3) is 1.97. The molecule has 124 valence electrons. The van der Waals surface area contributed by atoms with Crippen molar-refractivity contribution in [3.8, 4) is 0 Å². The molecule has 0 aromatic carbocycles. The Morgan fingerprint density at radius 1 is 1.32 bits per heavy atom. The van der Waals surface area contributed by atoms with E-state index in [4.69, 9.17) is 4.74 Å². The zero-order valence-corrected chi connectivity index (χ0v) is 13.3. The van der Waals surface area contributed by atoms with Crippen molar-refractivity contribution in [2.24, 2.45) is 22.2 Å². The first-order valence-electron chi connectivity index (χ1n) is 7.70. The molecule has 0 heterocycles. The van der Waals surface area contributed by atoms with E-state index in [9.17, 15) is 24.6 Å². The summed E-state index contributed by atoms with van der Waals surface area (Å²) in [6.45, 7) is 4.50. The van der Waals surface area contributed by atoms with Crippen LogP contribution in [0.3, 0.4) is 0 Å². The van der Waals surface area contributed by atoms with Crippen LogP contribution >= 0.6 is 0 Å². The molecule has 22 heavy (non-hydrogen) atoms. The van der Waals surface area contributed by atoms with Gasteiger partial charge in [0.05, 0.1) is 18.6 Å². The Bertz CT molecular complexity index is 497. The largest absolute Gasteiger partial charge is 0.464 e. The van der Waals surface area contributed by atoms with Crippen LogP contribution < -0.4 is 0 Å². The van der Waals surface area contributed by atoms with E-state index >= 15 is 0 Å². The Balaban J connectivity index is 2.22. The molecule has 2 bridgehead atoms. The summed E-state index contributed by atoms with van der Waals surface area (Å²) in [4.78, 5) is 37.0. The quantitative estimate of drug-likeness (QED) is 0.420. The molecule has 0 saturated heterocycles. The molecule has 0 amide bonds. The van der Waals surface area contributed by atoms with E-state index in [0.717, 1.165) is 0 Å². The topological polar surface area (TPSA) is 101 Å². The van der Waals surface area contributed by atoms with Gasteiger partial charge in [0.25, 0.3) is 0 Å². The molecular weight excluding hydrogens is 288 g/mol. The third-order valence-electron chi connectivity index (χ3n) is 5.99. The average Bonchev–Trinajstić information content (AvgIpc) is 2.85. The molecular formula is C16H24O6. The summed E-state index contributed by atoms with van der Waals surface area (Å²) >= 11 is 0. The highest BCUT2D eigenvalue weighted by Crippen LogP contribution is 2.62. The van der Waals surface area contributed by atoms with E-state index in [1.807, 2.05) is 0 Å². The fourth-order valence-corrected chi connectivity index (χ4v) is 3.84. The summed E-state index contributed by atoms with van der Waals surface area (Å²) in [5, 5.41) is 18.8. The van der Waals surface area contributed by atoms with E-state index in [1.54, 1.807) is 20.8 Å². The van der Waals surface area contributed by atoms with Crippen LogP contribution in [-0.4, -0.2) is 47.6 Å². The van der Waals surface area contributed by atoms with Crippen LogP contribution in [0.1, 0.15) is 40.0 Å². The van der Waals surface area contributed by atoms with Crippen molar-refractivity contribution in [3.05, 3.63) is 0 Å². The summed E-state index contributed by atoms with van der Waals surface area (Å²) in [5.41, 5.74) is -3.06. The van der Waals surface area contributed by atoms with E-state index in [1.165, 1.54) is 0 Å². The summed E-state index contributed by atoms with van der Waals surface area (Å²) < 4.78 is 5.31. The van der Waals surface area contributed by atoms with Crippen LogP contribution in [-0.2, 0) is 19.1 Å². The number of hydrogen-bond acceptors (Lipinski definition) is 6. The molecule has 2 saturated carbocycles. The number of aliphatic hydroxyl groups is 2. The zero-order valence-electron chi connectivity index (χ0n) is 13.3. The molecule has 0 radical (unpaired) electrons. The summed E-state index contributed by atoms with van der Waals surface area (Å²) in [7, 11) is 0. The lowest BCUT2D eigenvalue weighted by atomic mass is 9.69. The number of ketones is 2. The van der Waals surface area contributed by atoms with Crippen molar-refractivity contribution in [1.29, 1.82) is 0 Å². The molecule has 2 atom stereocenters. The summed E-state index contributed by atoms with van der Waals surface area (Å²) in [5.74, 6) is -2.23. The number of ether oxygens (including phenoxy) is 1. The number of esters is 1. The molecule has 0 aromatic rings. The number of carbonyl (C=O) groups is 3. The monoisotopic (exact) mass is 312 g/mol. The molecule has 0 aliphatic heterocycles. The number of carbonyl (C=O) groups excluding carboxylic acids is 3. The van der Waals surface area contributed by atoms with Gasteiger partial charge < -0.3 is 14.9 Å². The molecule has 0 spiro atoms. The van der Waals surface area contributed by atoms with Crippen LogP contribution in [0.4, 0.5) is 0 Å². The second kappa shape index (κ2) is 5.42. The second-order valence-corrected chi connectivity index (χ2v) is 7.16. The highest BCUT2D eigenvalue weighted by Gasteiger charge is 2.73. The van der Waals surface area contributed by atoms with Crippen LogP contribution in [0.5, 0.6) is 0 Å². The van der Waals surface area contributed by atoms with E-state index in [-0.39, 0.29) is 19.8 Å². The first kappa shape index (κ1) is 17.1. The normalized spacial score (nSPS) is 30.0. The van der Waals surface area contributed by atoms with Crippen LogP contribution in [0, 0.1) is 22.2 Å². The van der Waals surface area contributed by atoms with Gasteiger partial charge in [-0.15, -0.1) is 0 Å². The molecule has 6 nitrogen and oxygen atoms in total. The van der Waals surface area contributed by atoms with Gasteiger partial charge in [-0.25, -0.2) is 0 Å². The third-order valence-corrected chi connectivity index (χ3v) is 5.99. The van der Waals surface area contributed by atoms with Crippen LogP contribution in [0.25, 0.3) is 0 Å². The van der Waals surface area contributed by atoms with Crippen molar-refractivity contribution < 1.29 is 29.3 Å². The highest BCUT2D eigenvalue weighted by atomic mass is 16.5. The van der Waals surface area contributed by atoms with Gasteiger partial charge in [-0.1, -0.05) is 20.8 Å². The fourth-order valence-electron chi connectivity index (χ4n) is 3.84. The van der Waals surface area contributed by atoms with E-state index < -0.39 is 39.7 Å². The molecule has 0 aromatic heterocycles. The number of aliphatic hydroxyl groups excluding tert-OH is 2. The van der Waals surface area contributed by atoms with Gasteiger partial charge in [-0.3, -0.25) is 14.4 Å². The first-order valence-corrected chi connectivity index (χ1v) is 7.70. The molecule has 2 rings (SSSR count).